The first-order valence-corrected chi connectivity index (χ1v) is 7.11. The zero-order chi connectivity index (χ0) is 12.5. The van der Waals surface area contributed by atoms with Crippen LogP contribution >= 0.6 is 11.3 Å². The third-order valence-electron chi connectivity index (χ3n) is 2.45. The van der Waals surface area contributed by atoms with Crippen molar-refractivity contribution in [3.63, 3.8) is 0 Å². The number of rotatable bonds is 9. The Hall–Kier alpha value is -0.650. The zero-order valence-corrected chi connectivity index (χ0v) is 11.8. The van der Waals surface area contributed by atoms with E-state index in [9.17, 15) is 0 Å². The molecule has 0 radical (unpaired) electrons. The molecule has 0 aliphatic rings. The van der Waals surface area contributed by atoms with Crippen molar-refractivity contribution in [3.8, 4) is 0 Å². The first kappa shape index (κ1) is 14.4. The van der Waals surface area contributed by atoms with Gasteiger partial charge in [0.15, 0.2) is 5.13 Å². The van der Waals surface area contributed by atoms with Crippen molar-refractivity contribution in [3.05, 3.63) is 11.1 Å². The molecule has 0 fully saturated rings. The quantitative estimate of drug-likeness (QED) is 0.688. The van der Waals surface area contributed by atoms with Crippen molar-refractivity contribution in [2.45, 2.75) is 27.3 Å². The smallest absolute Gasteiger partial charge is 0.185 e. The Morgan fingerprint density at radius 1 is 1.41 bits per heavy atom. The Labute approximate surface area is 108 Å². The van der Waals surface area contributed by atoms with Gasteiger partial charge in [0.1, 0.15) is 0 Å². The summed E-state index contributed by atoms with van der Waals surface area (Å²) >= 11 is 1.76. The van der Waals surface area contributed by atoms with Gasteiger partial charge in [-0.05, 0) is 20.4 Å². The number of hydrogen-bond acceptors (Lipinski definition) is 5. The Morgan fingerprint density at radius 2 is 2.24 bits per heavy atom. The van der Waals surface area contributed by atoms with Gasteiger partial charge in [-0.2, -0.15) is 0 Å². The van der Waals surface area contributed by atoms with Crippen LogP contribution in [0, 0.1) is 0 Å². The van der Waals surface area contributed by atoms with Crippen LogP contribution in [0.2, 0.25) is 0 Å². The van der Waals surface area contributed by atoms with Crippen molar-refractivity contribution < 1.29 is 4.74 Å². The number of anilines is 1. The third-order valence-corrected chi connectivity index (χ3v) is 3.51. The number of hydrogen-bond donors (Lipinski definition) is 1. The molecule has 17 heavy (non-hydrogen) atoms. The van der Waals surface area contributed by atoms with E-state index in [4.69, 9.17) is 4.74 Å². The Bertz CT molecular complexity index is 304. The molecule has 0 saturated carbocycles. The molecule has 0 aromatic carbocycles. The molecule has 1 N–H and O–H groups in total. The molecular formula is C12H23N3OS. The van der Waals surface area contributed by atoms with E-state index in [1.165, 1.54) is 4.88 Å². The lowest BCUT2D eigenvalue weighted by molar-refractivity contribution is 0.154. The fourth-order valence-corrected chi connectivity index (χ4v) is 2.45. The number of thiazole rings is 1. The summed E-state index contributed by atoms with van der Waals surface area (Å²) in [7, 11) is 0. The van der Waals surface area contributed by atoms with Crippen molar-refractivity contribution in [1.29, 1.82) is 0 Å². The van der Waals surface area contributed by atoms with Gasteiger partial charge < -0.3 is 15.0 Å². The molecule has 4 nitrogen and oxygen atoms in total. The van der Waals surface area contributed by atoms with Crippen molar-refractivity contribution >= 4 is 16.5 Å². The highest BCUT2D eigenvalue weighted by atomic mass is 32.1. The minimum absolute atomic E-state index is 0.770. The minimum Gasteiger partial charge on any atom is -0.380 e. The second-order valence-electron chi connectivity index (χ2n) is 3.67. The van der Waals surface area contributed by atoms with Crippen molar-refractivity contribution in [2.75, 3.05) is 37.7 Å². The Morgan fingerprint density at radius 3 is 2.88 bits per heavy atom. The molecule has 1 heterocycles. The maximum Gasteiger partial charge on any atom is 0.185 e. The molecule has 0 bridgehead atoms. The Kier molecular flexibility index (Phi) is 7.16. The van der Waals surface area contributed by atoms with Gasteiger partial charge in [-0.3, -0.25) is 0 Å². The lowest BCUT2D eigenvalue weighted by atomic mass is 10.5. The second-order valence-corrected chi connectivity index (χ2v) is 4.76. The van der Waals surface area contributed by atoms with Crippen LogP contribution in [0.4, 0.5) is 5.13 Å². The Balaban J connectivity index is 2.47. The van der Waals surface area contributed by atoms with Crippen LogP contribution in [0.1, 0.15) is 25.6 Å². The second kappa shape index (κ2) is 8.44. The van der Waals surface area contributed by atoms with Crippen LogP contribution in [-0.2, 0) is 11.3 Å². The SMILES string of the molecule is CCNCc1cnc(N(CC)CCOCC)s1. The van der Waals surface area contributed by atoms with Crippen LogP contribution in [0.25, 0.3) is 0 Å². The van der Waals surface area contributed by atoms with E-state index in [2.05, 4.69) is 29.0 Å². The molecule has 0 amide bonds. The summed E-state index contributed by atoms with van der Waals surface area (Å²) in [6.45, 7) is 11.6. The number of likely N-dealkylation sites (N-methyl/N-ethyl adjacent to an activating group) is 1. The fourth-order valence-electron chi connectivity index (χ4n) is 1.48. The lowest BCUT2D eigenvalue weighted by Crippen LogP contribution is -2.26. The van der Waals surface area contributed by atoms with Gasteiger partial charge >= 0.3 is 0 Å². The maximum absolute atomic E-state index is 5.38. The molecule has 0 saturated heterocycles. The molecule has 98 valence electrons. The summed E-state index contributed by atoms with van der Waals surface area (Å²) in [5, 5.41) is 4.41. The topological polar surface area (TPSA) is 37.4 Å². The summed E-state index contributed by atoms with van der Waals surface area (Å²) in [4.78, 5) is 8.02. The molecule has 1 aromatic heterocycles. The molecule has 1 aromatic rings. The van der Waals surface area contributed by atoms with E-state index < -0.39 is 0 Å². The summed E-state index contributed by atoms with van der Waals surface area (Å²) in [5.74, 6) is 0. The highest BCUT2D eigenvalue weighted by Crippen LogP contribution is 2.21. The number of nitrogens with one attached hydrogen (secondary N) is 1. The van der Waals surface area contributed by atoms with E-state index in [0.717, 1.165) is 44.5 Å². The third kappa shape index (κ3) is 5.02. The van der Waals surface area contributed by atoms with Gasteiger partial charge in [-0.1, -0.05) is 6.92 Å². The molecule has 1 rings (SSSR count). The van der Waals surface area contributed by atoms with Crippen LogP contribution in [0.5, 0.6) is 0 Å². The first-order valence-electron chi connectivity index (χ1n) is 6.29. The van der Waals surface area contributed by atoms with Crippen LogP contribution in [0.15, 0.2) is 6.20 Å². The average Bonchev–Trinajstić information content (AvgIpc) is 2.81. The van der Waals surface area contributed by atoms with E-state index in [-0.39, 0.29) is 0 Å². The van der Waals surface area contributed by atoms with Crippen LogP contribution < -0.4 is 10.2 Å². The van der Waals surface area contributed by atoms with Crippen molar-refractivity contribution in [1.82, 2.24) is 10.3 Å². The van der Waals surface area contributed by atoms with Crippen LogP contribution in [0.3, 0.4) is 0 Å². The van der Waals surface area contributed by atoms with E-state index in [1.807, 2.05) is 13.1 Å². The molecule has 0 spiro atoms. The van der Waals surface area contributed by atoms with Gasteiger partial charge in [0, 0.05) is 37.3 Å². The van der Waals surface area contributed by atoms with Gasteiger partial charge in [0.05, 0.1) is 6.61 Å². The zero-order valence-electron chi connectivity index (χ0n) is 11.0. The minimum atomic E-state index is 0.770. The molecular weight excluding hydrogens is 234 g/mol. The molecule has 5 heteroatoms. The van der Waals surface area contributed by atoms with Gasteiger partial charge in [0.2, 0.25) is 0 Å². The first-order chi connectivity index (χ1) is 8.31. The summed E-state index contributed by atoms with van der Waals surface area (Å²) in [6.07, 6.45) is 1.96. The number of nitrogens with zero attached hydrogens (tertiary/aromatic N) is 2. The molecule has 0 aliphatic heterocycles. The summed E-state index contributed by atoms with van der Waals surface area (Å²) in [6, 6.07) is 0. The van der Waals surface area contributed by atoms with Gasteiger partial charge in [0.25, 0.3) is 0 Å². The molecule has 0 atom stereocenters. The predicted molar refractivity (Wildman–Crippen MR) is 73.9 cm³/mol. The van der Waals surface area contributed by atoms with Gasteiger partial charge in [-0.15, -0.1) is 11.3 Å². The largest absolute Gasteiger partial charge is 0.380 e. The average molecular weight is 257 g/mol. The summed E-state index contributed by atoms with van der Waals surface area (Å²) in [5.41, 5.74) is 0. The van der Waals surface area contributed by atoms with Gasteiger partial charge in [-0.25, -0.2) is 4.98 Å². The highest BCUT2D eigenvalue weighted by Gasteiger charge is 2.08. The summed E-state index contributed by atoms with van der Waals surface area (Å²) < 4.78 is 5.38. The van der Waals surface area contributed by atoms with E-state index in [0.29, 0.717) is 0 Å². The standard InChI is InChI=1S/C12H23N3OS/c1-4-13-9-11-10-14-12(17-11)15(5-2)7-8-16-6-3/h10,13H,4-9H2,1-3H3. The van der Waals surface area contributed by atoms with E-state index in [1.54, 1.807) is 11.3 Å². The highest BCUT2D eigenvalue weighted by molar-refractivity contribution is 7.15. The molecule has 0 unspecified atom stereocenters. The number of aromatic nitrogens is 1. The van der Waals surface area contributed by atoms with Crippen molar-refractivity contribution in [2.24, 2.45) is 0 Å². The predicted octanol–water partition coefficient (Wildman–Crippen LogP) is 2.12. The molecule has 0 aliphatic carbocycles. The number of ether oxygens (including phenoxy) is 1. The lowest BCUT2D eigenvalue weighted by Gasteiger charge is -2.19. The monoisotopic (exact) mass is 257 g/mol. The maximum atomic E-state index is 5.38. The van der Waals surface area contributed by atoms with E-state index >= 15 is 0 Å². The fraction of sp³-hybridized carbons (Fsp3) is 0.750. The normalized spacial score (nSPS) is 10.8. The van der Waals surface area contributed by atoms with Crippen LogP contribution in [-0.4, -0.2) is 37.8 Å².